The molecule has 5 rings (SSSR count). The third-order valence-corrected chi connectivity index (χ3v) is 4.85. The summed E-state index contributed by atoms with van der Waals surface area (Å²) in [5, 5.41) is 5.29. The average Bonchev–Trinajstić information content (AvgIpc) is 3.41. The molecule has 7 heteroatoms. The smallest absolute Gasteiger partial charge is 0.254 e. The van der Waals surface area contributed by atoms with Crippen LogP contribution in [0.15, 0.2) is 60.9 Å². The molecule has 4 aromatic rings. The molecule has 1 amide bonds. The van der Waals surface area contributed by atoms with E-state index in [-0.39, 0.29) is 12.7 Å². The number of benzene rings is 2. The first-order chi connectivity index (χ1) is 14.1. The predicted molar refractivity (Wildman–Crippen MR) is 108 cm³/mol. The molecule has 144 valence electrons. The number of fused-ring (bicyclic) bond motifs is 2. The minimum atomic E-state index is -0.0620. The second-order valence-corrected chi connectivity index (χ2v) is 6.98. The van der Waals surface area contributed by atoms with Gasteiger partial charge in [0.15, 0.2) is 11.5 Å². The second-order valence-electron chi connectivity index (χ2n) is 6.98. The van der Waals surface area contributed by atoms with Gasteiger partial charge >= 0.3 is 0 Å². The van der Waals surface area contributed by atoms with E-state index in [4.69, 9.17) is 14.5 Å². The Labute approximate surface area is 167 Å². The number of rotatable bonds is 3. The van der Waals surface area contributed by atoms with Crippen LogP contribution in [0.25, 0.3) is 27.8 Å². The lowest BCUT2D eigenvalue weighted by Gasteiger charge is -2.13. The molecule has 0 saturated carbocycles. The first kappa shape index (κ1) is 17.2. The monoisotopic (exact) mass is 386 g/mol. The van der Waals surface area contributed by atoms with Gasteiger partial charge in [0.25, 0.3) is 5.91 Å². The van der Waals surface area contributed by atoms with Crippen LogP contribution in [0.1, 0.15) is 10.4 Å². The van der Waals surface area contributed by atoms with Crippen LogP contribution in [0.3, 0.4) is 0 Å². The van der Waals surface area contributed by atoms with Crippen LogP contribution in [-0.4, -0.2) is 46.5 Å². The summed E-state index contributed by atoms with van der Waals surface area (Å²) in [7, 11) is 3.49. The number of aromatic nitrogens is 3. The predicted octanol–water partition coefficient (Wildman–Crippen LogP) is 3.52. The fourth-order valence-electron chi connectivity index (χ4n) is 3.37. The number of hydrogen-bond donors (Lipinski definition) is 0. The van der Waals surface area contributed by atoms with Gasteiger partial charge in [-0.05, 0) is 24.3 Å². The van der Waals surface area contributed by atoms with Crippen molar-refractivity contribution in [3.8, 4) is 28.4 Å². The molecular weight excluding hydrogens is 368 g/mol. The molecule has 7 nitrogen and oxygen atoms in total. The molecule has 1 aliphatic heterocycles. The summed E-state index contributed by atoms with van der Waals surface area (Å²) >= 11 is 0. The number of nitrogens with zero attached hydrogens (tertiary/aromatic N) is 4. The standard InChI is InChI=1S/C22H18N4O3/c1-25(2)22(27)17-10-19(24-18-6-4-3-5-16(17)18)14-11-23-26(12-14)15-7-8-20-21(9-15)29-13-28-20/h3-12H,13H2,1-2H3. The molecule has 0 saturated heterocycles. The Morgan fingerprint density at radius 1 is 1.07 bits per heavy atom. The summed E-state index contributed by atoms with van der Waals surface area (Å²) in [6, 6.07) is 15.1. The molecule has 0 spiro atoms. The Morgan fingerprint density at radius 2 is 1.90 bits per heavy atom. The largest absolute Gasteiger partial charge is 0.454 e. The van der Waals surface area contributed by atoms with Crippen LogP contribution in [-0.2, 0) is 0 Å². The van der Waals surface area contributed by atoms with Crippen LogP contribution >= 0.6 is 0 Å². The van der Waals surface area contributed by atoms with Crippen molar-refractivity contribution in [1.29, 1.82) is 0 Å². The average molecular weight is 386 g/mol. The number of carbonyl (C=O) groups is 1. The maximum atomic E-state index is 12.7. The fourth-order valence-corrected chi connectivity index (χ4v) is 3.37. The minimum absolute atomic E-state index is 0.0620. The van der Waals surface area contributed by atoms with Crippen molar-refractivity contribution in [3.63, 3.8) is 0 Å². The highest BCUT2D eigenvalue weighted by atomic mass is 16.7. The van der Waals surface area contributed by atoms with Crippen molar-refractivity contribution >= 4 is 16.8 Å². The molecule has 0 fully saturated rings. The molecule has 2 aromatic heterocycles. The number of hydrogen-bond acceptors (Lipinski definition) is 5. The molecule has 0 N–H and O–H groups in total. The second kappa shape index (κ2) is 6.63. The number of para-hydroxylation sites is 1. The first-order valence-electron chi connectivity index (χ1n) is 9.17. The SMILES string of the molecule is CN(C)C(=O)c1cc(-c2cnn(-c3ccc4c(c3)OCO4)c2)nc2ccccc12. The summed E-state index contributed by atoms with van der Waals surface area (Å²) in [5.74, 6) is 1.36. The molecule has 3 heterocycles. The molecule has 0 unspecified atom stereocenters. The van der Waals surface area contributed by atoms with E-state index in [0.717, 1.165) is 27.9 Å². The van der Waals surface area contributed by atoms with Crippen molar-refractivity contribution in [3.05, 3.63) is 66.5 Å². The van der Waals surface area contributed by atoms with Crippen molar-refractivity contribution in [2.45, 2.75) is 0 Å². The zero-order valence-electron chi connectivity index (χ0n) is 16.0. The highest BCUT2D eigenvalue weighted by Crippen LogP contribution is 2.34. The highest BCUT2D eigenvalue weighted by molar-refractivity contribution is 6.07. The molecule has 0 atom stereocenters. The molecule has 29 heavy (non-hydrogen) atoms. The summed E-state index contributed by atoms with van der Waals surface area (Å²) in [6.07, 6.45) is 3.63. The van der Waals surface area contributed by atoms with E-state index >= 15 is 0 Å². The maximum absolute atomic E-state index is 12.7. The third kappa shape index (κ3) is 2.97. The minimum Gasteiger partial charge on any atom is -0.454 e. The third-order valence-electron chi connectivity index (χ3n) is 4.85. The van der Waals surface area contributed by atoms with Crippen molar-refractivity contribution < 1.29 is 14.3 Å². The van der Waals surface area contributed by atoms with Crippen molar-refractivity contribution in [2.24, 2.45) is 0 Å². The highest BCUT2D eigenvalue weighted by Gasteiger charge is 2.17. The maximum Gasteiger partial charge on any atom is 0.254 e. The van der Waals surface area contributed by atoms with Gasteiger partial charge in [-0.3, -0.25) is 4.79 Å². The zero-order valence-corrected chi connectivity index (χ0v) is 16.0. The van der Waals surface area contributed by atoms with E-state index in [1.807, 2.05) is 54.7 Å². The summed E-state index contributed by atoms with van der Waals surface area (Å²) < 4.78 is 12.6. The van der Waals surface area contributed by atoms with E-state index in [1.165, 1.54) is 0 Å². The van der Waals surface area contributed by atoms with Gasteiger partial charge in [-0.2, -0.15) is 5.10 Å². The van der Waals surface area contributed by atoms with E-state index in [2.05, 4.69) is 5.10 Å². The van der Waals surface area contributed by atoms with Crippen LogP contribution in [0.5, 0.6) is 11.5 Å². The van der Waals surface area contributed by atoms with E-state index in [1.54, 1.807) is 29.9 Å². The van der Waals surface area contributed by atoms with Crippen LogP contribution in [0, 0.1) is 0 Å². The van der Waals surface area contributed by atoms with E-state index in [9.17, 15) is 4.79 Å². The van der Waals surface area contributed by atoms with Gasteiger partial charge in [-0.15, -0.1) is 0 Å². The van der Waals surface area contributed by atoms with Gasteiger partial charge in [0, 0.05) is 37.3 Å². The Balaban J connectivity index is 1.59. The van der Waals surface area contributed by atoms with E-state index in [0.29, 0.717) is 17.0 Å². The van der Waals surface area contributed by atoms with Gasteiger partial charge in [-0.1, -0.05) is 18.2 Å². The fraction of sp³-hybridized carbons (Fsp3) is 0.136. The summed E-state index contributed by atoms with van der Waals surface area (Å²) in [6.45, 7) is 0.229. The molecule has 0 aliphatic carbocycles. The Morgan fingerprint density at radius 3 is 2.76 bits per heavy atom. The molecule has 1 aliphatic rings. The lowest BCUT2D eigenvalue weighted by molar-refractivity contribution is 0.0829. The Kier molecular flexibility index (Phi) is 3.94. The topological polar surface area (TPSA) is 69.5 Å². The summed E-state index contributed by atoms with van der Waals surface area (Å²) in [5.41, 5.74) is 3.76. The van der Waals surface area contributed by atoms with Crippen molar-refractivity contribution in [1.82, 2.24) is 19.7 Å². The lowest BCUT2D eigenvalue weighted by atomic mass is 10.0. The molecule has 0 bridgehead atoms. The lowest BCUT2D eigenvalue weighted by Crippen LogP contribution is -2.22. The number of ether oxygens (including phenoxy) is 2. The molecule has 2 aromatic carbocycles. The number of pyridine rings is 1. The van der Waals surface area contributed by atoms with Gasteiger partial charge in [-0.25, -0.2) is 9.67 Å². The van der Waals surface area contributed by atoms with Gasteiger partial charge in [0.2, 0.25) is 6.79 Å². The van der Waals surface area contributed by atoms with Crippen LogP contribution < -0.4 is 9.47 Å². The van der Waals surface area contributed by atoms with Crippen LogP contribution in [0.2, 0.25) is 0 Å². The van der Waals surface area contributed by atoms with Crippen LogP contribution in [0.4, 0.5) is 0 Å². The first-order valence-corrected chi connectivity index (χ1v) is 9.17. The Hall–Kier alpha value is -3.87. The number of amides is 1. The summed E-state index contributed by atoms with van der Waals surface area (Å²) in [4.78, 5) is 19.0. The quantitative estimate of drug-likeness (QED) is 0.539. The van der Waals surface area contributed by atoms with Gasteiger partial charge in [0.05, 0.1) is 28.7 Å². The number of carbonyl (C=O) groups excluding carboxylic acids is 1. The van der Waals surface area contributed by atoms with Gasteiger partial charge < -0.3 is 14.4 Å². The molecule has 0 radical (unpaired) electrons. The molecular formula is C22H18N4O3. The van der Waals surface area contributed by atoms with Crippen molar-refractivity contribution in [2.75, 3.05) is 20.9 Å². The Bertz CT molecular complexity index is 1250. The van der Waals surface area contributed by atoms with E-state index < -0.39 is 0 Å². The normalized spacial score (nSPS) is 12.3. The zero-order chi connectivity index (χ0) is 20.0. The van der Waals surface area contributed by atoms with Gasteiger partial charge in [0.1, 0.15) is 0 Å².